The lowest BCUT2D eigenvalue weighted by Gasteiger charge is -2.10. The SMILES string of the molecule is C.C.CCOC(=O)C(C)c1cccc(C)c1.CCOC(=O)Cc1cccc(C)c1.CI. The number of carbonyl (C=O) groups excluding carboxylic acids is 2. The van der Waals surface area contributed by atoms with Crippen LogP contribution < -0.4 is 0 Å². The number of rotatable bonds is 6. The minimum Gasteiger partial charge on any atom is -0.466 e. The van der Waals surface area contributed by atoms with Crippen LogP contribution in [0, 0.1) is 13.8 Å². The van der Waals surface area contributed by atoms with Crippen molar-refractivity contribution in [2.75, 3.05) is 18.1 Å². The minimum atomic E-state index is -0.171. The first-order valence-electron chi connectivity index (χ1n) is 9.69. The van der Waals surface area contributed by atoms with Crippen LogP contribution in [0.4, 0.5) is 0 Å². The topological polar surface area (TPSA) is 52.6 Å². The fraction of sp³-hybridized carbons (Fsp3) is 0.462. The van der Waals surface area contributed by atoms with Crippen molar-refractivity contribution in [2.45, 2.75) is 61.8 Å². The van der Waals surface area contributed by atoms with Crippen LogP contribution in [0.1, 0.15) is 63.8 Å². The highest BCUT2D eigenvalue weighted by Gasteiger charge is 2.15. The molecule has 0 radical (unpaired) electrons. The first-order chi connectivity index (χ1) is 13.9. The molecule has 2 aromatic rings. The third kappa shape index (κ3) is 14.7. The van der Waals surface area contributed by atoms with Crippen molar-refractivity contribution in [3.8, 4) is 0 Å². The van der Waals surface area contributed by atoms with Gasteiger partial charge >= 0.3 is 11.9 Å². The van der Waals surface area contributed by atoms with Gasteiger partial charge < -0.3 is 9.47 Å². The third-order valence-electron chi connectivity index (χ3n) is 3.92. The molecule has 0 aliphatic heterocycles. The van der Waals surface area contributed by atoms with Crippen LogP contribution in [0.2, 0.25) is 0 Å². The smallest absolute Gasteiger partial charge is 0.313 e. The second-order valence-corrected chi connectivity index (χ2v) is 6.36. The zero-order chi connectivity index (χ0) is 22.2. The van der Waals surface area contributed by atoms with Crippen LogP contribution in [0.15, 0.2) is 48.5 Å². The number of alkyl halides is 1. The van der Waals surface area contributed by atoms with Crippen LogP contribution in [0.3, 0.4) is 0 Å². The Balaban J connectivity index is -0.000000442. The van der Waals surface area contributed by atoms with Gasteiger partial charge in [0.15, 0.2) is 0 Å². The number of carbonyl (C=O) groups is 2. The Morgan fingerprint density at radius 1 is 0.871 bits per heavy atom. The molecule has 5 heteroatoms. The molecule has 4 nitrogen and oxygen atoms in total. The predicted octanol–water partition coefficient (Wildman–Crippen LogP) is 7.09. The highest BCUT2D eigenvalue weighted by molar-refractivity contribution is 14.1. The summed E-state index contributed by atoms with van der Waals surface area (Å²) in [6.07, 6.45) is 0.371. The summed E-state index contributed by atoms with van der Waals surface area (Å²) >= 11 is 2.15. The monoisotopic (exact) mass is 544 g/mol. The Morgan fingerprint density at radius 2 is 1.39 bits per heavy atom. The lowest BCUT2D eigenvalue weighted by molar-refractivity contribution is -0.144. The maximum atomic E-state index is 11.4. The fourth-order valence-corrected chi connectivity index (χ4v) is 2.54. The van der Waals surface area contributed by atoms with Gasteiger partial charge in [-0.05, 0) is 50.7 Å². The molecule has 0 spiro atoms. The molecule has 0 fully saturated rings. The summed E-state index contributed by atoms with van der Waals surface area (Å²) in [5.74, 6) is -0.485. The molecule has 0 heterocycles. The number of halogens is 1. The average molecular weight is 545 g/mol. The molecule has 1 atom stereocenters. The Bertz CT molecular complexity index is 744. The summed E-state index contributed by atoms with van der Waals surface area (Å²) < 4.78 is 9.81. The molecule has 2 rings (SSSR count). The molecule has 0 N–H and O–H groups in total. The van der Waals surface area contributed by atoms with E-state index in [-0.39, 0.29) is 32.7 Å². The fourth-order valence-electron chi connectivity index (χ4n) is 2.54. The summed E-state index contributed by atoms with van der Waals surface area (Å²) in [5.41, 5.74) is 4.36. The van der Waals surface area contributed by atoms with Crippen molar-refractivity contribution in [1.29, 1.82) is 0 Å². The van der Waals surface area contributed by atoms with E-state index in [1.54, 1.807) is 0 Å². The van der Waals surface area contributed by atoms with Gasteiger partial charge in [-0.25, -0.2) is 0 Å². The van der Waals surface area contributed by atoms with Crippen molar-refractivity contribution in [3.05, 3.63) is 70.8 Å². The molecule has 2 aromatic carbocycles. The quantitative estimate of drug-likeness (QED) is 0.222. The van der Waals surface area contributed by atoms with E-state index in [0.29, 0.717) is 19.6 Å². The summed E-state index contributed by atoms with van der Waals surface area (Å²) in [4.78, 5) is 24.5. The van der Waals surface area contributed by atoms with E-state index in [9.17, 15) is 9.59 Å². The second kappa shape index (κ2) is 20.0. The first-order valence-corrected chi connectivity index (χ1v) is 11.8. The van der Waals surface area contributed by atoms with Crippen molar-refractivity contribution >= 4 is 34.5 Å². The van der Waals surface area contributed by atoms with E-state index in [0.717, 1.165) is 11.1 Å². The maximum absolute atomic E-state index is 11.4. The zero-order valence-corrected chi connectivity index (χ0v) is 20.5. The Labute approximate surface area is 203 Å². The molecular weight excluding hydrogens is 503 g/mol. The van der Waals surface area contributed by atoms with Gasteiger partial charge in [0.1, 0.15) is 0 Å². The van der Waals surface area contributed by atoms with Gasteiger partial charge in [0, 0.05) is 0 Å². The number of hydrogen-bond donors (Lipinski definition) is 0. The molecular formula is C26H41IO4. The standard InChI is InChI=1S/C12H16O2.C11H14O2.CH3I.2CH4/c1-4-14-12(13)10(3)11-7-5-6-9(2)8-11;1-3-13-11(12)8-10-6-4-5-9(2)7-10;1-2;;/h5-8,10H,4H2,1-3H3;4-7H,3,8H2,1-2H3;1H3;2*1H4. The van der Waals surface area contributed by atoms with Crippen LogP contribution in [0.5, 0.6) is 0 Å². The summed E-state index contributed by atoms with van der Waals surface area (Å²) in [6, 6.07) is 15.8. The molecule has 176 valence electrons. The van der Waals surface area contributed by atoms with Crippen molar-refractivity contribution in [2.24, 2.45) is 0 Å². The number of esters is 2. The molecule has 0 saturated heterocycles. The zero-order valence-electron chi connectivity index (χ0n) is 18.3. The van der Waals surface area contributed by atoms with Crippen LogP contribution in [-0.2, 0) is 25.5 Å². The van der Waals surface area contributed by atoms with Gasteiger partial charge in [-0.2, -0.15) is 0 Å². The Kier molecular flexibility index (Phi) is 21.8. The molecule has 0 aliphatic rings. The lowest BCUT2D eigenvalue weighted by atomic mass is 10.00. The van der Waals surface area contributed by atoms with Gasteiger partial charge in [-0.1, -0.05) is 97.1 Å². The van der Waals surface area contributed by atoms with Crippen molar-refractivity contribution < 1.29 is 19.1 Å². The van der Waals surface area contributed by atoms with E-state index in [4.69, 9.17) is 9.47 Å². The van der Waals surface area contributed by atoms with Crippen molar-refractivity contribution in [1.82, 2.24) is 0 Å². The minimum absolute atomic E-state index is 0. The number of aryl methyl sites for hydroxylation is 2. The van der Waals surface area contributed by atoms with E-state index in [1.165, 1.54) is 11.1 Å². The maximum Gasteiger partial charge on any atom is 0.313 e. The number of ether oxygens (including phenoxy) is 2. The van der Waals surface area contributed by atoms with Gasteiger partial charge in [-0.3, -0.25) is 9.59 Å². The van der Waals surface area contributed by atoms with Crippen LogP contribution in [0.25, 0.3) is 0 Å². The normalized spacial score (nSPS) is 9.77. The summed E-state index contributed by atoms with van der Waals surface area (Å²) in [5, 5.41) is 0. The first kappa shape index (κ1) is 33.7. The van der Waals surface area contributed by atoms with E-state index < -0.39 is 0 Å². The number of benzene rings is 2. The number of hydrogen-bond acceptors (Lipinski definition) is 4. The average Bonchev–Trinajstić information content (AvgIpc) is 2.70. The van der Waals surface area contributed by atoms with Crippen LogP contribution >= 0.6 is 22.6 Å². The lowest BCUT2D eigenvalue weighted by Crippen LogP contribution is -2.12. The van der Waals surface area contributed by atoms with Gasteiger partial charge in [-0.15, -0.1) is 0 Å². The molecule has 0 aromatic heterocycles. The predicted molar refractivity (Wildman–Crippen MR) is 141 cm³/mol. The second-order valence-electron chi connectivity index (χ2n) is 6.36. The Hall–Kier alpha value is -1.89. The van der Waals surface area contributed by atoms with E-state index in [2.05, 4.69) is 22.6 Å². The molecule has 0 bridgehead atoms. The highest BCUT2D eigenvalue weighted by Crippen LogP contribution is 2.17. The van der Waals surface area contributed by atoms with Gasteiger partial charge in [0.05, 0.1) is 25.6 Å². The van der Waals surface area contributed by atoms with Crippen LogP contribution in [-0.4, -0.2) is 30.1 Å². The Morgan fingerprint density at radius 3 is 1.87 bits per heavy atom. The third-order valence-corrected chi connectivity index (χ3v) is 3.92. The molecule has 31 heavy (non-hydrogen) atoms. The van der Waals surface area contributed by atoms with Crippen molar-refractivity contribution in [3.63, 3.8) is 0 Å². The molecule has 0 aliphatic carbocycles. The van der Waals surface area contributed by atoms with E-state index >= 15 is 0 Å². The van der Waals surface area contributed by atoms with E-state index in [1.807, 2.05) is 88.1 Å². The molecule has 0 saturated carbocycles. The summed E-state index contributed by atoms with van der Waals surface area (Å²) in [6.45, 7) is 10.4. The van der Waals surface area contributed by atoms with Gasteiger partial charge in [0.2, 0.25) is 0 Å². The largest absolute Gasteiger partial charge is 0.466 e. The van der Waals surface area contributed by atoms with Gasteiger partial charge in [0.25, 0.3) is 0 Å². The highest BCUT2D eigenvalue weighted by atomic mass is 127. The molecule has 0 amide bonds. The molecule has 1 unspecified atom stereocenters. The summed E-state index contributed by atoms with van der Waals surface area (Å²) in [7, 11) is 0.